The fraction of sp³-hybridized carbons (Fsp3) is 0.333. The van der Waals surface area contributed by atoms with Gasteiger partial charge in [-0.3, -0.25) is 4.90 Å². The fourth-order valence-corrected chi connectivity index (χ4v) is 2.44. The summed E-state index contributed by atoms with van der Waals surface area (Å²) >= 11 is 6.94. The van der Waals surface area contributed by atoms with Gasteiger partial charge in [0.15, 0.2) is 0 Å². The minimum Gasteiger partial charge on any atom is -0.296 e. The molecule has 0 aliphatic heterocycles. The van der Waals surface area contributed by atoms with Crippen LogP contribution in [0.15, 0.2) is 24.3 Å². The second-order valence-electron chi connectivity index (χ2n) is 4.32. The van der Waals surface area contributed by atoms with Crippen molar-refractivity contribution in [1.82, 2.24) is 14.5 Å². The van der Waals surface area contributed by atoms with Gasteiger partial charge >= 0.3 is 6.18 Å². The van der Waals surface area contributed by atoms with Crippen LogP contribution in [0, 0.1) is 0 Å². The van der Waals surface area contributed by atoms with E-state index in [1.807, 2.05) is 0 Å². The van der Waals surface area contributed by atoms with E-state index < -0.39 is 11.7 Å². The Labute approximate surface area is 123 Å². The molecule has 0 saturated heterocycles. The molecular formula is C12H11ClF3N3S. The summed E-state index contributed by atoms with van der Waals surface area (Å²) in [7, 11) is 1.71. The Morgan fingerprint density at radius 2 is 1.95 bits per heavy atom. The number of nitrogens with zero attached hydrogens (tertiary/aromatic N) is 3. The molecule has 20 heavy (non-hydrogen) atoms. The molecule has 0 aliphatic carbocycles. The number of rotatable bonds is 4. The second kappa shape index (κ2) is 6.07. The number of hydrogen-bond acceptors (Lipinski definition) is 4. The molecule has 108 valence electrons. The standard InChI is InChI=1S/C12H11ClF3N3S/c1-19(7-10-11(13)20-18-17-10)6-8-4-2-3-5-9(8)12(14,15)16/h2-5H,6-7H2,1H3. The molecule has 0 atom stereocenters. The van der Waals surface area contributed by atoms with Crippen LogP contribution in [0.2, 0.25) is 4.34 Å². The van der Waals surface area contributed by atoms with Crippen LogP contribution in [-0.2, 0) is 19.3 Å². The molecule has 0 unspecified atom stereocenters. The van der Waals surface area contributed by atoms with Gasteiger partial charge in [0.05, 0.1) is 5.56 Å². The highest BCUT2D eigenvalue weighted by atomic mass is 35.5. The number of halogens is 4. The molecule has 0 N–H and O–H groups in total. The molecule has 2 aromatic rings. The van der Waals surface area contributed by atoms with Gasteiger partial charge in [-0.1, -0.05) is 34.3 Å². The molecule has 1 heterocycles. The smallest absolute Gasteiger partial charge is 0.296 e. The molecule has 1 aromatic carbocycles. The summed E-state index contributed by atoms with van der Waals surface area (Å²) in [5, 5.41) is 3.84. The molecule has 0 amide bonds. The van der Waals surface area contributed by atoms with Gasteiger partial charge in [0.1, 0.15) is 10.0 Å². The topological polar surface area (TPSA) is 29.0 Å². The number of hydrogen-bond donors (Lipinski definition) is 0. The first-order valence-corrected chi connectivity index (χ1v) is 6.83. The third-order valence-electron chi connectivity index (χ3n) is 2.69. The lowest BCUT2D eigenvalue weighted by Gasteiger charge is -2.19. The molecule has 2 rings (SSSR count). The summed E-state index contributed by atoms with van der Waals surface area (Å²) in [5.41, 5.74) is 0.180. The zero-order valence-electron chi connectivity index (χ0n) is 10.5. The summed E-state index contributed by atoms with van der Waals surface area (Å²) in [6.07, 6.45) is -4.35. The second-order valence-corrected chi connectivity index (χ2v) is 5.68. The summed E-state index contributed by atoms with van der Waals surface area (Å²) < 4.78 is 42.8. The SMILES string of the molecule is CN(Cc1ccccc1C(F)(F)F)Cc1nnsc1Cl. The zero-order valence-corrected chi connectivity index (χ0v) is 12.1. The van der Waals surface area contributed by atoms with Gasteiger partial charge in [0.25, 0.3) is 0 Å². The van der Waals surface area contributed by atoms with Crippen molar-refractivity contribution in [3.8, 4) is 0 Å². The highest BCUT2D eigenvalue weighted by molar-refractivity contribution is 7.10. The van der Waals surface area contributed by atoms with Gasteiger partial charge in [-0.15, -0.1) is 5.10 Å². The van der Waals surface area contributed by atoms with E-state index in [2.05, 4.69) is 9.59 Å². The molecule has 0 spiro atoms. The van der Waals surface area contributed by atoms with Crippen molar-refractivity contribution in [2.45, 2.75) is 19.3 Å². The van der Waals surface area contributed by atoms with Crippen molar-refractivity contribution in [2.24, 2.45) is 0 Å². The van der Waals surface area contributed by atoms with Crippen LogP contribution in [0.25, 0.3) is 0 Å². The van der Waals surface area contributed by atoms with Crippen LogP contribution in [0.4, 0.5) is 13.2 Å². The highest BCUT2D eigenvalue weighted by Gasteiger charge is 2.33. The van der Waals surface area contributed by atoms with E-state index in [0.29, 0.717) is 16.6 Å². The molecule has 0 radical (unpaired) electrons. The Bertz CT molecular complexity index is 585. The van der Waals surface area contributed by atoms with Crippen molar-refractivity contribution in [3.63, 3.8) is 0 Å². The lowest BCUT2D eigenvalue weighted by atomic mass is 10.1. The van der Waals surface area contributed by atoms with Crippen molar-refractivity contribution in [3.05, 3.63) is 45.4 Å². The first-order valence-electron chi connectivity index (χ1n) is 5.68. The van der Waals surface area contributed by atoms with Gasteiger partial charge in [0.2, 0.25) is 0 Å². The molecule has 3 nitrogen and oxygen atoms in total. The normalized spacial score (nSPS) is 12.1. The van der Waals surface area contributed by atoms with Gasteiger partial charge in [-0.2, -0.15) is 13.2 Å². The monoisotopic (exact) mass is 321 g/mol. The average Bonchev–Trinajstić information content (AvgIpc) is 2.74. The number of alkyl halides is 3. The Hall–Kier alpha value is -1.18. The van der Waals surface area contributed by atoms with E-state index in [-0.39, 0.29) is 12.1 Å². The zero-order chi connectivity index (χ0) is 14.8. The van der Waals surface area contributed by atoms with Crippen LogP contribution in [0.3, 0.4) is 0 Å². The third kappa shape index (κ3) is 3.68. The van der Waals surface area contributed by atoms with Crippen LogP contribution >= 0.6 is 23.1 Å². The van der Waals surface area contributed by atoms with Gasteiger partial charge in [0, 0.05) is 24.6 Å². The van der Waals surface area contributed by atoms with Crippen molar-refractivity contribution in [1.29, 1.82) is 0 Å². The van der Waals surface area contributed by atoms with Crippen molar-refractivity contribution < 1.29 is 13.2 Å². The quantitative estimate of drug-likeness (QED) is 0.856. The summed E-state index contributed by atoms with van der Waals surface area (Å²) in [5.74, 6) is 0. The molecule has 8 heteroatoms. The predicted molar refractivity (Wildman–Crippen MR) is 71.5 cm³/mol. The van der Waals surface area contributed by atoms with E-state index >= 15 is 0 Å². The van der Waals surface area contributed by atoms with Crippen molar-refractivity contribution in [2.75, 3.05) is 7.05 Å². The Balaban J connectivity index is 2.12. The maximum atomic E-state index is 12.9. The Morgan fingerprint density at radius 3 is 2.55 bits per heavy atom. The van der Waals surface area contributed by atoms with E-state index in [1.165, 1.54) is 12.1 Å². The lowest BCUT2D eigenvalue weighted by Crippen LogP contribution is -2.20. The number of aromatic nitrogens is 2. The van der Waals surface area contributed by atoms with E-state index in [1.54, 1.807) is 18.0 Å². The van der Waals surface area contributed by atoms with Crippen LogP contribution < -0.4 is 0 Å². The first kappa shape index (κ1) is 15.2. The van der Waals surface area contributed by atoms with Crippen LogP contribution in [0.5, 0.6) is 0 Å². The number of benzene rings is 1. The molecule has 0 bridgehead atoms. The van der Waals surface area contributed by atoms with E-state index in [9.17, 15) is 13.2 Å². The average molecular weight is 322 g/mol. The maximum absolute atomic E-state index is 12.9. The minimum absolute atomic E-state index is 0.156. The molecule has 0 saturated carbocycles. The molecular weight excluding hydrogens is 311 g/mol. The first-order chi connectivity index (χ1) is 9.38. The van der Waals surface area contributed by atoms with Gasteiger partial charge in [-0.25, -0.2) is 0 Å². The fourth-order valence-electron chi connectivity index (χ4n) is 1.83. The highest BCUT2D eigenvalue weighted by Crippen LogP contribution is 2.32. The molecule has 0 fully saturated rings. The Kier molecular flexibility index (Phi) is 4.62. The summed E-state index contributed by atoms with van der Waals surface area (Å²) in [4.78, 5) is 1.72. The third-order valence-corrected chi connectivity index (χ3v) is 3.68. The van der Waals surface area contributed by atoms with E-state index in [4.69, 9.17) is 11.6 Å². The van der Waals surface area contributed by atoms with Crippen molar-refractivity contribution >= 4 is 23.1 Å². The van der Waals surface area contributed by atoms with E-state index in [0.717, 1.165) is 17.6 Å². The maximum Gasteiger partial charge on any atom is 0.416 e. The van der Waals surface area contributed by atoms with Gasteiger partial charge < -0.3 is 0 Å². The predicted octanol–water partition coefficient (Wildman–Crippen LogP) is 3.84. The summed E-state index contributed by atoms with van der Waals surface area (Å²) in [6.45, 7) is 0.505. The van der Waals surface area contributed by atoms with Crippen LogP contribution in [-0.4, -0.2) is 21.5 Å². The minimum atomic E-state index is -4.35. The van der Waals surface area contributed by atoms with Crippen LogP contribution in [0.1, 0.15) is 16.8 Å². The molecule has 0 aliphatic rings. The largest absolute Gasteiger partial charge is 0.416 e. The molecule has 1 aromatic heterocycles. The van der Waals surface area contributed by atoms with Gasteiger partial charge in [-0.05, 0) is 18.7 Å². The lowest BCUT2D eigenvalue weighted by molar-refractivity contribution is -0.138. The summed E-state index contributed by atoms with van der Waals surface area (Å²) in [6, 6.07) is 5.53. The Morgan fingerprint density at radius 1 is 1.25 bits per heavy atom.